The molecule has 5 nitrogen and oxygen atoms in total. The van der Waals surface area contributed by atoms with Gasteiger partial charge in [-0.05, 0) is 38.1 Å². The number of nitrogens with zero attached hydrogens (tertiary/aromatic N) is 2. The van der Waals surface area contributed by atoms with Crippen molar-refractivity contribution in [2.24, 2.45) is 5.92 Å². The number of halogens is 1. The summed E-state index contributed by atoms with van der Waals surface area (Å²) in [7, 11) is 1.92. The zero-order chi connectivity index (χ0) is 15.2. The second kappa shape index (κ2) is 8.76. The van der Waals surface area contributed by atoms with Crippen molar-refractivity contribution in [3.05, 3.63) is 30.1 Å². The highest BCUT2D eigenvalue weighted by Crippen LogP contribution is 2.23. The molecule has 1 N–H and O–H groups in total. The lowest BCUT2D eigenvalue weighted by atomic mass is 10.2. The van der Waals surface area contributed by atoms with E-state index in [-0.39, 0.29) is 12.4 Å². The van der Waals surface area contributed by atoms with Crippen molar-refractivity contribution in [1.82, 2.24) is 15.5 Å². The van der Waals surface area contributed by atoms with Crippen LogP contribution in [0.15, 0.2) is 28.8 Å². The van der Waals surface area contributed by atoms with Crippen LogP contribution in [0.1, 0.15) is 26.6 Å². The number of likely N-dealkylation sites (N-methyl/N-ethyl adjacent to an activating group) is 1. The zero-order valence-corrected chi connectivity index (χ0v) is 14.3. The second-order valence-electron chi connectivity index (χ2n) is 5.64. The number of rotatable bonds is 7. The number of benzene rings is 1. The van der Waals surface area contributed by atoms with Gasteiger partial charge in [0.05, 0.1) is 6.61 Å². The summed E-state index contributed by atoms with van der Waals surface area (Å²) in [6.07, 6.45) is 0.740. The maximum absolute atomic E-state index is 5.72. The minimum absolute atomic E-state index is 0. The van der Waals surface area contributed by atoms with Gasteiger partial charge in [-0.25, -0.2) is 0 Å². The Bertz CT molecular complexity index is 572. The van der Waals surface area contributed by atoms with Crippen molar-refractivity contribution in [2.45, 2.75) is 33.2 Å². The quantitative estimate of drug-likeness (QED) is 0.846. The normalized spacial score (nSPS) is 12.0. The van der Waals surface area contributed by atoms with Gasteiger partial charge in [-0.15, -0.1) is 12.4 Å². The van der Waals surface area contributed by atoms with Crippen molar-refractivity contribution in [2.75, 3.05) is 13.7 Å². The van der Waals surface area contributed by atoms with Crippen LogP contribution in [0, 0.1) is 5.92 Å². The highest BCUT2D eigenvalue weighted by Gasteiger charge is 2.11. The number of ether oxygens (including phenoxy) is 1. The number of aromatic nitrogens is 2. The summed E-state index contributed by atoms with van der Waals surface area (Å²) < 4.78 is 11.1. The first-order chi connectivity index (χ1) is 10.1. The van der Waals surface area contributed by atoms with Crippen molar-refractivity contribution in [3.63, 3.8) is 0 Å². The number of hydrogen-bond acceptors (Lipinski definition) is 5. The van der Waals surface area contributed by atoms with Gasteiger partial charge in [0.25, 0.3) is 5.89 Å². The second-order valence-corrected chi connectivity index (χ2v) is 5.64. The lowest BCUT2D eigenvalue weighted by molar-refractivity contribution is 0.271. The van der Waals surface area contributed by atoms with Gasteiger partial charge in [0.1, 0.15) is 5.75 Å². The molecular formula is C16H24ClN3O2. The Morgan fingerprint density at radius 3 is 2.73 bits per heavy atom. The van der Waals surface area contributed by atoms with E-state index in [0.29, 0.717) is 30.3 Å². The summed E-state index contributed by atoms with van der Waals surface area (Å²) in [5.74, 6) is 2.56. The standard InChI is InChI=1S/C16H23N3O2.ClH/c1-11(2)10-20-14-7-5-6-13(9-14)16-18-15(19-21-16)8-12(3)17-4;/h5-7,9,11-12,17H,8,10H2,1-4H3;1H. The van der Waals surface area contributed by atoms with E-state index in [2.05, 4.69) is 36.2 Å². The fourth-order valence-electron chi connectivity index (χ4n) is 1.81. The molecule has 0 radical (unpaired) electrons. The first kappa shape index (κ1) is 18.5. The van der Waals surface area contributed by atoms with Gasteiger partial charge in [-0.2, -0.15) is 4.98 Å². The average Bonchev–Trinajstić information content (AvgIpc) is 2.94. The molecule has 1 atom stereocenters. The lowest BCUT2D eigenvalue weighted by Gasteiger charge is -2.08. The van der Waals surface area contributed by atoms with Gasteiger partial charge in [0, 0.05) is 18.0 Å². The molecule has 0 aliphatic carbocycles. The molecule has 0 aliphatic rings. The molecule has 0 amide bonds. The fourth-order valence-corrected chi connectivity index (χ4v) is 1.81. The summed E-state index contributed by atoms with van der Waals surface area (Å²) >= 11 is 0. The summed E-state index contributed by atoms with van der Waals surface area (Å²) in [5.41, 5.74) is 0.882. The van der Waals surface area contributed by atoms with Crippen LogP contribution >= 0.6 is 12.4 Å². The number of hydrogen-bond donors (Lipinski definition) is 1. The van der Waals surface area contributed by atoms with E-state index in [1.54, 1.807) is 0 Å². The first-order valence-electron chi connectivity index (χ1n) is 7.31. The molecule has 22 heavy (non-hydrogen) atoms. The molecule has 1 unspecified atom stereocenters. The Labute approximate surface area is 137 Å². The maximum Gasteiger partial charge on any atom is 0.258 e. The van der Waals surface area contributed by atoms with Crippen LogP contribution in [0.25, 0.3) is 11.5 Å². The summed E-state index contributed by atoms with van der Waals surface area (Å²) in [6.45, 7) is 7.02. The van der Waals surface area contributed by atoms with Gasteiger partial charge in [-0.3, -0.25) is 0 Å². The molecule has 0 saturated heterocycles. The molecule has 1 aromatic heterocycles. The molecule has 0 aliphatic heterocycles. The van der Waals surface area contributed by atoms with Crippen LogP contribution in [-0.4, -0.2) is 29.8 Å². The van der Waals surface area contributed by atoms with Gasteiger partial charge in [0.15, 0.2) is 5.82 Å². The van der Waals surface area contributed by atoms with Crippen molar-refractivity contribution >= 4 is 12.4 Å². The highest BCUT2D eigenvalue weighted by molar-refractivity contribution is 5.85. The molecule has 0 fully saturated rings. The highest BCUT2D eigenvalue weighted by atomic mass is 35.5. The summed E-state index contributed by atoms with van der Waals surface area (Å²) in [6, 6.07) is 8.07. The van der Waals surface area contributed by atoms with E-state index in [0.717, 1.165) is 17.7 Å². The van der Waals surface area contributed by atoms with Crippen LogP contribution in [0.5, 0.6) is 5.75 Å². The Balaban J connectivity index is 0.00000242. The molecule has 122 valence electrons. The minimum atomic E-state index is 0. The van der Waals surface area contributed by atoms with Gasteiger partial charge >= 0.3 is 0 Å². The van der Waals surface area contributed by atoms with Crippen LogP contribution < -0.4 is 10.1 Å². The molecule has 0 bridgehead atoms. The summed E-state index contributed by atoms with van der Waals surface area (Å²) in [5, 5.41) is 7.17. The molecule has 1 heterocycles. The smallest absolute Gasteiger partial charge is 0.258 e. The predicted molar refractivity (Wildman–Crippen MR) is 89.5 cm³/mol. The Morgan fingerprint density at radius 1 is 1.27 bits per heavy atom. The van der Waals surface area contributed by atoms with E-state index in [1.165, 1.54) is 0 Å². The Kier molecular flexibility index (Phi) is 7.35. The molecule has 2 aromatic rings. The SMILES string of the molecule is CNC(C)Cc1noc(-c2cccc(OCC(C)C)c2)n1.Cl. The van der Waals surface area contributed by atoms with Crippen LogP contribution in [0.3, 0.4) is 0 Å². The van der Waals surface area contributed by atoms with Crippen LogP contribution in [-0.2, 0) is 6.42 Å². The third-order valence-electron chi connectivity index (χ3n) is 3.11. The zero-order valence-electron chi connectivity index (χ0n) is 13.5. The summed E-state index contributed by atoms with van der Waals surface area (Å²) in [4.78, 5) is 4.43. The maximum atomic E-state index is 5.72. The average molecular weight is 326 g/mol. The topological polar surface area (TPSA) is 60.2 Å². The van der Waals surface area contributed by atoms with E-state index in [1.807, 2.05) is 31.3 Å². The Morgan fingerprint density at radius 2 is 2.05 bits per heavy atom. The largest absolute Gasteiger partial charge is 0.493 e. The molecule has 1 aromatic carbocycles. The monoisotopic (exact) mass is 325 g/mol. The van der Waals surface area contributed by atoms with E-state index in [9.17, 15) is 0 Å². The van der Waals surface area contributed by atoms with Crippen molar-refractivity contribution < 1.29 is 9.26 Å². The minimum Gasteiger partial charge on any atom is -0.493 e. The van der Waals surface area contributed by atoms with Gasteiger partial charge < -0.3 is 14.6 Å². The predicted octanol–water partition coefficient (Wildman–Crippen LogP) is 3.34. The molecular weight excluding hydrogens is 302 g/mol. The first-order valence-corrected chi connectivity index (χ1v) is 7.31. The fraction of sp³-hybridized carbons (Fsp3) is 0.500. The van der Waals surface area contributed by atoms with E-state index >= 15 is 0 Å². The van der Waals surface area contributed by atoms with E-state index < -0.39 is 0 Å². The number of nitrogens with one attached hydrogen (secondary N) is 1. The lowest BCUT2D eigenvalue weighted by Crippen LogP contribution is -2.24. The third kappa shape index (κ3) is 5.31. The molecule has 0 spiro atoms. The molecule has 6 heteroatoms. The van der Waals surface area contributed by atoms with Crippen LogP contribution in [0.4, 0.5) is 0 Å². The third-order valence-corrected chi connectivity index (χ3v) is 3.11. The Hall–Kier alpha value is -1.59. The van der Waals surface area contributed by atoms with Gasteiger partial charge in [-0.1, -0.05) is 25.1 Å². The van der Waals surface area contributed by atoms with Crippen LogP contribution in [0.2, 0.25) is 0 Å². The molecule has 2 rings (SSSR count). The van der Waals surface area contributed by atoms with Crippen molar-refractivity contribution in [3.8, 4) is 17.2 Å². The van der Waals surface area contributed by atoms with Gasteiger partial charge in [0.2, 0.25) is 0 Å². The van der Waals surface area contributed by atoms with Crippen molar-refractivity contribution in [1.29, 1.82) is 0 Å². The van der Waals surface area contributed by atoms with E-state index in [4.69, 9.17) is 9.26 Å². The molecule has 0 saturated carbocycles.